The third-order valence-electron chi connectivity index (χ3n) is 5.29. The summed E-state index contributed by atoms with van der Waals surface area (Å²) in [5, 5.41) is 14.3. The number of allylic oxidation sites excluding steroid dienone is 2. The van der Waals surface area contributed by atoms with Gasteiger partial charge in [-0.1, -0.05) is 18.2 Å². The van der Waals surface area contributed by atoms with E-state index in [0.29, 0.717) is 17.0 Å². The number of hydrogen-bond donors (Lipinski definition) is 3. The number of halogens is 2. The van der Waals surface area contributed by atoms with Crippen LogP contribution in [0.1, 0.15) is 20.9 Å². The van der Waals surface area contributed by atoms with Gasteiger partial charge >= 0.3 is 0 Å². The van der Waals surface area contributed by atoms with Gasteiger partial charge in [0, 0.05) is 36.1 Å². The molecule has 3 N–H and O–H groups in total. The largest absolute Gasteiger partial charge is 0.336 e. The number of amides is 1. The molecule has 0 fully saturated rings. The maximum atomic E-state index is 15.5. The summed E-state index contributed by atoms with van der Waals surface area (Å²) in [7, 11) is 3.25. The summed E-state index contributed by atoms with van der Waals surface area (Å²) >= 11 is 1.21. The number of nitrogens with zero attached hydrogens (tertiary/aromatic N) is 3. The Morgan fingerprint density at radius 3 is 2.58 bits per heavy atom. The fraction of sp³-hybridized carbons (Fsp3) is 0.120. The van der Waals surface area contributed by atoms with E-state index in [-0.39, 0.29) is 17.0 Å². The molecule has 0 saturated carbocycles. The number of nitrogens with one attached hydrogen (secondary N) is 3. The third kappa shape index (κ3) is 5.15. The van der Waals surface area contributed by atoms with Crippen molar-refractivity contribution in [2.24, 2.45) is 12.1 Å². The molecule has 0 unspecified atom stereocenters. The van der Waals surface area contributed by atoms with Gasteiger partial charge in [0.25, 0.3) is 5.91 Å². The fourth-order valence-corrected chi connectivity index (χ4v) is 4.40. The van der Waals surface area contributed by atoms with Crippen LogP contribution >= 0.6 is 11.3 Å². The van der Waals surface area contributed by atoms with Gasteiger partial charge in [-0.25, -0.2) is 8.78 Å². The average Bonchev–Trinajstić information content (AvgIpc) is 3.43. The van der Waals surface area contributed by atoms with Crippen molar-refractivity contribution in [3.63, 3.8) is 0 Å². The molecule has 2 aromatic heterocycles. The van der Waals surface area contributed by atoms with Crippen LogP contribution in [0.3, 0.4) is 0 Å². The minimum atomic E-state index is -1.03. The van der Waals surface area contributed by atoms with Gasteiger partial charge in [-0.05, 0) is 42.7 Å². The van der Waals surface area contributed by atoms with Crippen molar-refractivity contribution in [3.05, 3.63) is 88.1 Å². The zero-order valence-electron chi connectivity index (χ0n) is 19.6. The van der Waals surface area contributed by atoms with E-state index in [2.05, 4.69) is 26.3 Å². The van der Waals surface area contributed by atoms with Gasteiger partial charge < -0.3 is 16.1 Å². The smallest absolute Gasteiger partial charge is 0.265 e. The maximum Gasteiger partial charge on any atom is 0.265 e. The molecule has 2 aromatic carbocycles. The lowest BCUT2D eigenvalue weighted by atomic mass is 10.1. The number of benzene rings is 2. The molecule has 4 rings (SSSR count). The molecule has 0 saturated heterocycles. The molecule has 0 radical (unpaired) electrons. The fourth-order valence-electron chi connectivity index (χ4n) is 3.44. The molecule has 11 heteroatoms. The van der Waals surface area contributed by atoms with Crippen LogP contribution in [0, 0.1) is 18.6 Å². The number of carbonyl (C=O) groups excluding carboxylic acids is 2. The minimum absolute atomic E-state index is 0.00499. The number of anilines is 2. The minimum Gasteiger partial charge on any atom is -0.336 e. The Hall–Kier alpha value is -4.38. The Bertz CT molecular complexity index is 1470. The van der Waals surface area contributed by atoms with E-state index in [1.54, 1.807) is 23.9 Å². The van der Waals surface area contributed by atoms with Gasteiger partial charge in [-0.2, -0.15) is 10.2 Å². The molecule has 0 aliphatic carbocycles. The molecular formula is C25H22F2N6O2S. The van der Waals surface area contributed by atoms with Crippen LogP contribution in [0.2, 0.25) is 0 Å². The first-order valence-electron chi connectivity index (χ1n) is 10.8. The summed E-state index contributed by atoms with van der Waals surface area (Å²) in [6, 6.07) is 13.0. The van der Waals surface area contributed by atoms with Crippen LogP contribution in [-0.2, 0) is 11.8 Å². The Labute approximate surface area is 209 Å². The van der Waals surface area contributed by atoms with E-state index < -0.39 is 23.2 Å². The summed E-state index contributed by atoms with van der Waals surface area (Å²) < 4.78 is 32.6. The average molecular weight is 509 g/mol. The molecule has 2 heterocycles. The summed E-state index contributed by atoms with van der Waals surface area (Å²) in [6.07, 6.45) is 1.82. The lowest BCUT2D eigenvalue weighted by Gasteiger charge is -2.12. The van der Waals surface area contributed by atoms with Crippen molar-refractivity contribution in [1.82, 2.24) is 15.2 Å². The normalized spacial score (nSPS) is 12.0. The molecule has 4 aromatic rings. The second kappa shape index (κ2) is 10.5. The van der Waals surface area contributed by atoms with Crippen LogP contribution < -0.4 is 16.1 Å². The SMILES string of the molecule is CN/N=C(\C=C(/C=O)Nc1cc(C)n(C)n1)c1ccc(F)c(NC(=O)c2cc3ccccc3s2)c1F. The summed E-state index contributed by atoms with van der Waals surface area (Å²) in [4.78, 5) is 24.8. The molecular weight excluding hydrogens is 486 g/mol. The van der Waals surface area contributed by atoms with E-state index in [9.17, 15) is 14.0 Å². The summed E-state index contributed by atoms with van der Waals surface area (Å²) in [5.41, 5.74) is 2.70. The Kier molecular flexibility index (Phi) is 7.20. The topological polar surface area (TPSA) is 100 Å². The Morgan fingerprint density at radius 2 is 1.92 bits per heavy atom. The third-order valence-corrected chi connectivity index (χ3v) is 6.41. The Morgan fingerprint density at radius 1 is 1.14 bits per heavy atom. The predicted octanol–water partition coefficient (Wildman–Crippen LogP) is 4.59. The Balaban J connectivity index is 1.66. The molecule has 0 bridgehead atoms. The zero-order chi connectivity index (χ0) is 25.8. The predicted molar refractivity (Wildman–Crippen MR) is 137 cm³/mol. The van der Waals surface area contributed by atoms with Gasteiger partial charge in [0.15, 0.2) is 17.9 Å². The van der Waals surface area contributed by atoms with Gasteiger partial charge in [-0.15, -0.1) is 11.3 Å². The van der Waals surface area contributed by atoms with Gasteiger partial charge in [-0.3, -0.25) is 14.3 Å². The number of hydrogen-bond acceptors (Lipinski definition) is 7. The first-order chi connectivity index (χ1) is 17.3. The van der Waals surface area contributed by atoms with E-state index in [4.69, 9.17) is 0 Å². The second-order valence-corrected chi connectivity index (χ2v) is 8.83. The maximum absolute atomic E-state index is 15.5. The number of hydrazone groups is 1. The van der Waals surface area contributed by atoms with Crippen LogP contribution in [0.5, 0.6) is 0 Å². The van der Waals surface area contributed by atoms with E-state index >= 15 is 4.39 Å². The van der Waals surface area contributed by atoms with E-state index in [1.165, 1.54) is 30.5 Å². The number of aromatic nitrogens is 2. The van der Waals surface area contributed by atoms with Crippen LogP contribution in [0.15, 0.2) is 65.4 Å². The highest BCUT2D eigenvalue weighted by atomic mass is 32.1. The summed E-state index contributed by atoms with van der Waals surface area (Å²) in [6.45, 7) is 1.85. The molecule has 184 valence electrons. The number of rotatable bonds is 8. The molecule has 0 spiro atoms. The highest BCUT2D eigenvalue weighted by Gasteiger charge is 2.21. The van der Waals surface area contributed by atoms with Crippen molar-refractivity contribution in [2.45, 2.75) is 6.92 Å². The highest BCUT2D eigenvalue weighted by molar-refractivity contribution is 7.20. The van der Waals surface area contributed by atoms with Gasteiger partial charge in [0.2, 0.25) is 0 Å². The molecule has 0 atom stereocenters. The van der Waals surface area contributed by atoms with E-state index in [0.717, 1.165) is 21.8 Å². The van der Waals surface area contributed by atoms with Gasteiger partial charge in [0.05, 0.1) is 16.3 Å². The van der Waals surface area contributed by atoms with Crippen molar-refractivity contribution in [2.75, 3.05) is 17.7 Å². The lowest BCUT2D eigenvalue weighted by Crippen LogP contribution is -2.16. The van der Waals surface area contributed by atoms with Crippen molar-refractivity contribution in [3.8, 4) is 0 Å². The van der Waals surface area contributed by atoms with Crippen LogP contribution in [-0.4, -0.2) is 34.7 Å². The van der Waals surface area contributed by atoms with Crippen molar-refractivity contribution in [1.29, 1.82) is 0 Å². The van der Waals surface area contributed by atoms with Crippen molar-refractivity contribution >= 4 is 50.8 Å². The standard InChI is InChI=1S/C25H22F2N6O2S/c1-14-10-22(32-33(14)3)29-16(13-34)12-19(31-28-2)17-8-9-18(26)24(23(17)27)30-25(35)21-11-15-6-4-5-7-20(15)36-21/h4-13,28H,1-3H3,(H,29,32)(H,30,35)/b16-12+,31-19+. The molecule has 1 amide bonds. The highest BCUT2D eigenvalue weighted by Crippen LogP contribution is 2.28. The number of aldehydes is 1. The zero-order valence-corrected chi connectivity index (χ0v) is 20.4. The summed E-state index contributed by atoms with van der Waals surface area (Å²) in [5.74, 6) is -2.22. The van der Waals surface area contributed by atoms with Gasteiger partial charge in [0.1, 0.15) is 11.5 Å². The first kappa shape index (κ1) is 24.7. The number of fused-ring (bicyclic) bond motifs is 1. The first-order valence-corrected chi connectivity index (χ1v) is 11.6. The monoisotopic (exact) mass is 508 g/mol. The van der Waals surface area contributed by atoms with E-state index in [1.807, 2.05) is 31.2 Å². The number of thiophene rings is 1. The number of carbonyl (C=O) groups is 2. The molecule has 0 aliphatic rings. The van der Waals surface area contributed by atoms with Crippen LogP contribution in [0.4, 0.5) is 20.3 Å². The second-order valence-electron chi connectivity index (χ2n) is 7.74. The quantitative estimate of drug-likeness (QED) is 0.140. The van der Waals surface area contributed by atoms with Crippen LogP contribution in [0.25, 0.3) is 10.1 Å². The molecule has 8 nitrogen and oxygen atoms in total. The van der Waals surface area contributed by atoms with Crippen molar-refractivity contribution < 1.29 is 18.4 Å². The molecule has 36 heavy (non-hydrogen) atoms. The lowest BCUT2D eigenvalue weighted by molar-refractivity contribution is -0.104. The number of aryl methyl sites for hydroxylation is 2. The molecule has 0 aliphatic heterocycles.